The highest BCUT2D eigenvalue weighted by Gasteiger charge is 2.39. The van der Waals surface area contributed by atoms with E-state index in [-0.39, 0.29) is 18.1 Å². The number of rotatable bonds is 4. The van der Waals surface area contributed by atoms with Crippen molar-refractivity contribution in [2.24, 2.45) is 17.8 Å². The Hall–Kier alpha value is -2.50. The molecule has 0 spiro atoms. The summed E-state index contributed by atoms with van der Waals surface area (Å²) in [7, 11) is 1.81. The number of ether oxygens (including phenoxy) is 1. The molecule has 1 aliphatic carbocycles. The summed E-state index contributed by atoms with van der Waals surface area (Å²) in [5.74, 6) is 1.15. The van der Waals surface area contributed by atoms with Crippen LogP contribution in [-0.2, 0) is 16.0 Å². The first-order valence-corrected chi connectivity index (χ1v) is 12.9. The molecule has 1 aromatic heterocycles. The third-order valence-corrected chi connectivity index (χ3v) is 7.43. The molecular weight excluding hydrogens is 426 g/mol. The summed E-state index contributed by atoms with van der Waals surface area (Å²) in [6.07, 6.45) is 4.37. The molecule has 2 aliphatic rings. The quantitative estimate of drug-likeness (QED) is 0.607. The average molecular weight is 468 g/mol. The van der Waals surface area contributed by atoms with Crippen molar-refractivity contribution in [3.05, 3.63) is 35.5 Å². The van der Waals surface area contributed by atoms with Crippen molar-refractivity contribution >= 4 is 22.9 Å². The highest BCUT2D eigenvalue weighted by atomic mass is 16.6. The second-order valence-electron chi connectivity index (χ2n) is 11.6. The zero-order valence-corrected chi connectivity index (χ0v) is 21.7. The fourth-order valence-electron chi connectivity index (χ4n) is 5.84. The van der Waals surface area contributed by atoms with Gasteiger partial charge in [0.25, 0.3) is 0 Å². The smallest absolute Gasteiger partial charge is 0.410 e. The number of amides is 2. The topological polar surface area (TPSA) is 65.6 Å². The molecular formula is C28H41N3O3. The van der Waals surface area contributed by atoms with Crippen LogP contribution in [0.5, 0.6) is 0 Å². The maximum Gasteiger partial charge on any atom is 0.410 e. The third-order valence-electron chi connectivity index (χ3n) is 7.43. The lowest BCUT2D eigenvalue weighted by atomic mass is 9.80. The number of para-hydroxylation sites is 1. The molecule has 1 aliphatic heterocycles. The van der Waals surface area contributed by atoms with Gasteiger partial charge in [0.15, 0.2) is 0 Å². The van der Waals surface area contributed by atoms with E-state index in [4.69, 9.17) is 4.74 Å². The number of nitrogens with one attached hydrogen (secondary N) is 1. The van der Waals surface area contributed by atoms with Crippen molar-refractivity contribution in [2.75, 3.05) is 20.1 Å². The number of nitrogens with zero attached hydrogens (tertiary/aromatic N) is 2. The molecule has 4 rings (SSSR count). The molecule has 0 radical (unpaired) electrons. The van der Waals surface area contributed by atoms with Crippen molar-refractivity contribution in [2.45, 2.75) is 78.4 Å². The molecule has 0 saturated heterocycles. The molecule has 2 amide bonds. The normalized spacial score (nSPS) is 23.1. The molecule has 1 aromatic carbocycles. The second-order valence-corrected chi connectivity index (χ2v) is 11.6. The summed E-state index contributed by atoms with van der Waals surface area (Å²) in [6.45, 7) is 11.6. The third kappa shape index (κ3) is 5.11. The van der Waals surface area contributed by atoms with Crippen LogP contribution in [0.4, 0.5) is 4.79 Å². The van der Waals surface area contributed by atoms with E-state index < -0.39 is 5.60 Å². The Balaban J connectivity index is 1.39. The van der Waals surface area contributed by atoms with Gasteiger partial charge in [0, 0.05) is 42.7 Å². The minimum Gasteiger partial charge on any atom is -0.444 e. The van der Waals surface area contributed by atoms with E-state index in [1.54, 1.807) is 4.90 Å². The van der Waals surface area contributed by atoms with Crippen LogP contribution in [0.2, 0.25) is 0 Å². The molecule has 1 atom stereocenters. The van der Waals surface area contributed by atoms with Crippen molar-refractivity contribution in [3.63, 3.8) is 0 Å². The van der Waals surface area contributed by atoms with E-state index in [9.17, 15) is 9.59 Å². The van der Waals surface area contributed by atoms with Gasteiger partial charge in [0.2, 0.25) is 5.91 Å². The molecule has 0 bridgehead atoms. The van der Waals surface area contributed by atoms with Crippen molar-refractivity contribution in [1.29, 1.82) is 0 Å². The van der Waals surface area contributed by atoms with E-state index >= 15 is 0 Å². The molecule has 1 unspecified atom stereocenters. The Kier molecular flexibility index (Phi) is 6.97. The maximum absolute atomic E-state index is 13.7. The summed E-state index contributed by atoms with van der Waals surface area (Å²) in [5, 5.41) is 1.30. The number of hydrogen-bond donors (Lipinski definition) is 1. The molecule has 1 saturated carbocycles. The number of aromatic nitrogens is 1. The Bertz CT molecular complexity index is 1030. The first kappa shape index (κ1) is 24.6. The largest absolute Gasteiger partial charge is 0.444 e. The molecule has 2 heterocycles. The maximum atomic E-state index is 13.7. The van der Waals surface area contributed by atoms with Crippen LogP contribution in [0.25, 0.3) is 10.9 Å². The molecule has 2 aromatic rings. The molecule has 1 fully saturated rings. The van der Waals surface area contributed by atoms with Crippen molar-refractivity contribution < 1.29 is 14.3 Å². The summed E-state index contributed by atoms with van der Waals surface area (Å²) >= 11 is 0. The van der Waals surface area contributed by atoms with Gasteiger partial charge < -0.3 is 19.5 Å². The van der Waals surface area contributed by atoms with Crippen LogP contribution in [0.3, 0.4) is 0 Å². The predicted molar refractivity (Wildman–Crippen MR) is 136 cm³/mol. The van der Waals surface area contributed by atoms with Crippen LogP contribution in [0, 0.1) is 17.8 Å². The van der Waals surface area contributed by atoms with Gasteiger partial charge >= 0.3 is 6.09 Å². The van der Waals surface area contributed by atoms with Gasteiger partial charge in [-0.2, -0.15) is 0 Å². The highest BCUT2D eigenvalue weighted by molar-refractivity contribution is 5.86. The molecule has 6 nitrogen and oxygen atoms in total. The SMILES string of the molecule is CC(C)C1c2[nH]c3ccccc3c2CCN1C(=O)C1CCC(CN(C)C(=O)OC(C)(C)C)CC1. The summed E-state index contributed by atoms with van der Waals surface area (Å²) in [4.78, 5) is 33.5. The van der Waals surface area contributed by atoms with E-state index in [1.165, 1.54) is 22.2 Å². The molecule has 186 valence electrons. The first-order valence-electron chi connectivity index (χ1n) is 12.9. The van der Waals surface area contributed by atoms with E-state index in [2.05, 4.69) is 48.0 Å². The van der Waals surface area contributed by atoms with Gasteiger partial charge in [-0.05, 0) is 76.3 Å². The van der Waals surface area contributed by atoms with E-state index in [1.807, 2.05) is 27.8 Å². The van der Waals surface area contributed by atoms with Gasteiger partial charge in [0.1, 0.15) is 5.60 Å². The standard InChI is InChI=1S/C28H41N3O3/c1-18(2)25-24-22(21-9-7-8-10-23(21)29-24)15-16-31(25)26(32)20-13-11-19(12-14-20)17-30(6)27(33)34-28(3,4)5/h7-10,18-20,25,29H,11-17H2,1-6H3. The zero-order valence-electron chi connectivity index (χ0n) is 21.7. The lowest BCUT2D eigenvalue weighted by Gasteiger charge is -2.41. The van der Waals surface area contributed by atoms with Gasteiger partial charge in [-0.3, -0.25) is 4.79 Å². The Morgan fingerprint density at radius 2 is 1.82 bits per heavy atom. The Labute approximate surface area is 204 Å². The summed E-state index contributed by atoms with van der Waals surface area (Å²) in [6, 6.07) is 8.58. The number of H-pyrrole nitrogens is 1. The predicted octanol–water partition coefficient (Wildman–Crippen LogP) is 5.92. The molecule has 1 N–H and O–H groups in total. The van der Waals surface area contributed by atoms with Gasteiger partial charge in [-0.25, -0.2) is 4.79 Å². The summed E-state index contributed by atoms with van der Waals surface area (Å²) in [5.41, 5.74) is 3.29. The lowest BCUT2D eigenvalue weighted by molar-refractivity contribution is -0.141. The fourth-order valence-corrected chi connectivity index (χ4v) is 5.84. The second kappa shape index (κ2) is 9.63. The van der Waals surface area contributed by atoms with E-state index in [0.29, 0.717) is 24.3 Å². The van der Waals surface area contributed by atoms with Gasteiger partial charge in [-0.1, -0.05) is 32.0 Å². The van der Waals surface area contributed by atoms with Crippen LogP contribution in [0.15, 0.2) is 24.3 Å². The fraction of sp³-hybridized carbons (Fsp3) is 0.643. The Morgan fingerprint density at radius 3 is 2.47 bits per heavy atom. The lowest BCUT2D eigenvalue weighted by Crippen LogP contribution is -2.46. The minimum atomic E-state index is -0.484. The van der Waals surface area contributed by atoms with Crippen LogP contribution in [0.1, 0.15) is 77.6 Å². The van der Waals surface area contributed by atoms with Crippen molar-refractivity contribution in [3.8, 4) is 0 Å². The van der Waals surface area contributed by atoms with Crippen molar-refractivity contribution in [1.82, 2.24) is 14.8 Å². The number of carbonyl (C=O) groups excluding carboxylic acids is 2. The van der Waals surface area contributed by atoms with Crippen LogP contribution in [-0.4, -0.2) is 52.5 Å². The van der Waals surface area contributed by atoms with Crippen LogP contribution < -0.4 is 0 Å². The van der Waals surface area contributed by atoms with Gasteiger partial charge in [0.05, 0.1) is 6.04 Å². The number of fused-ring (bicyclic) bond motifs is 3. The molecule has 6 heteroatoms. The zero-order chi connectivity index (χ0) is 24.6. The average Bonchev–Trinajstić information content (AvgIpc) is 3.15. The van der Waals surface area contributed by atoms with Gasteiger partial charge in [-0.15, -0.1) is 0 Å². The van der Waals surface area contributed by atoms with Crippen LogP contribution >= 0.6 is 0 Å². The first-order chi connectivity index (χ1) is 16.0. The number of hydrogen-bond acceptors (Lipinski definition) is 3. The number of aromatic amines is 1. The Morgan fingerprint density at radius 1 is 1.15 bits per heavy atom. The minimum absolute atomic E-state index is 0.0789. The molecule has 34 heavy (non-hydrogen) atoms. The monoisotopic (exact) mass is 467 g/mol. The van der Waals surface area contributed by atoms with E-state index in [0.717, 1.165) is 38.6 Å². The highest BCUT2D eigenvalue weighted by Crippen LogP contribution is 2.40. The number of benzene rings is 1. The number of carbonyl (C=O) groups is 2. The summed E-state index contributed by atoms with van der Waals surface area (Å²) < 4.78 is 5.49.